The van der Waals surface area contributed by atoms with Gasteiger partial charge in [-0.3, -0.25) is 23.7 Å². The summed E-state index contributed by atoms with van der Waals surface area (Å²) < 4.78 is 41.5. The molecule has 0 radical (unpaired) electrons. The highest BCUT2D eigenvalue weighted by Gasteiger charge is 2.63. The highest BCUT2D eigenvalue weighted by molar-refractivity contribution is 7.72. The summed E-state index contributed by atoms with van der Waals surface area (Å²) in [6.07, 6.45) is 2.70. The lowest BCUT2D eigenvalue weighted by Gasteiger charge is -2.50. The normalized spacial score (nSPS) is 21.9. The first-order valence-corrected chi connectivity index (χ1v) is 19.8. The summed E-state index contributed by atoms with van der Waals surface area (Å²) in [7, 11) is -11.4. The Hall–Kier alpha value is -3.09. The molecule has 1 aromatic carbocycles. The van der Waals surface area contributed by atoms with Crippen LogP contribution in [0.1, 0.15) is 49.2 Å². The number of hydrogen-bond acceptors (Lipinski definition) is 11. The highest BCUT2D eigenvalue weighted by atomic mass is 31.2. The Labute approximate surface area is 295 Å². The van der Waals surface area contributed by atoms with E-state index in [1.165, 1.54) is 18.6 Å². The molecule has 2 saturated heterocycles. The summed E-state index contributed by atoms with van der Waals surface area (Å²) in [5, 5.41) is 11.7. The minimum Gasteiger partial charge on any atom is -0.508 e. The summed E-state index contributed by atoms with van der Waals surface area (Å²) in [5.41, 5.74) is 1.03. The minimum atomic E-state index is -5.68. The first-order chi connectivity index (χ1) is 23.9. The molecule has 3 heterocycles. The fourth-order valence-corrected chi connectivity index (χ4v) is 9.06. The molecule has 2 amide bonds. The van der Waals surface area contributed by atoms with Crippen LogP contribution in [0, 0.1) is 11.8 Å². The molecule has 0 spiro atoms. The van der Waals surface area contributed by atoms with E-state index in [2.05, 4.69) is 20.6 Å². The van der Waals surface area contributed by atoms with Crippen LogP contribution in [0.25, 0.3) is 0 Å². The number of Topliss-reactive ketones (excluding diaryl/α,β-unsaturated/α-hetero) is 1. The zero-order valence-electron chi connectivity index (χ0n) is 28.4. The van der Waals surface area contributed by atoms with E-state index in [-0.39, 0.29) is 53.7 Å². The lowest BCUT2D eigenvalue weighted by atomic mass is 9.57. The first kappa shape index (κ1) is 40.7. The van der Waals surface area contributed by atoms with E-state index < -0.39 is 57.9 Å². The number of ketones is 1. The molecule has 1 aromatic heterocycles. The van der Waals surface area contributed by atoms with Crippen molar-refractivity contribution in [3.63, 3.8) is 0 Å². The Morgan fingerprint density at radius 3 is 2.25 bits per heavy atom. The van der Waals surface area contributed by atoms with Crippen LogP contribution in [0.2, 0.25) is 0 Å². The van der Waals surface area contributed by atoms with Gasteiger partial charge in [-0.2, -0.15) is 0 Å². The third-order valence-electron chi connectivity index (χ3n) is 9.52. The van der Waals surface area contributed by atoms with Crippen LogP contribution in [0.4, 0.5) is 4.79 Å². The van der Waals surface area contributed by atoms with E-state index in [4.69, 9.17) is 14.0 Å². The van der Waals surface area contributed by atoms with Crippen molar-refractivity contribution in [3.8, 4) is 0 Å². The molecule has 2 aliphatic heterocycles. The number of aliphatic hydroxyl groups is 1. The molecule has 0 aliphatic carbocycles. The summed E-state index contributed by atoms with van der Waals surface area (Å²) in [4.78, 5) is 85.1. The van der Waals surface area contributed by atoms with Crippen LogP contribution in [0.3, 0.4) is 0 Å². The monoisotopic (exact) mass is 757 g/mol. The molecule has 21 heteroatoms. The van der Waals surface area contributed by atoms with Gasteiger partial charge in [-0.05, 0) is 17.9 Å². The number of nitrogens with one attached hydrogen (secondary N) is 2. The van der Waals surface area contributed by atoms with Crippen molar-refractivity contribution < 1.29 is 66.6 Å². The Morgan fingerprint density at radius 1 is 1.04 bits per heavy atom. The van der Waals surface area contributed by atoms with Crippen LogP contribution in [-0.4, -0.2) is 121 Å². The molecular weight excluding hydrogens is 711 g/mol. The van der Waals surface area contributed by atoms with E-state index in [1.54, 1.807) is 0 Å². The van der Waals surface area contributed by atoms with Crippen molar-refractivity contribution in [1.82, 2.24) is 20.6 Å². The van der Waals surface area contributed by atoms with Gasteiger partial charge >= 0.3 is 28.0 Å². The van der Waals surface area contributed by atoms with Gasteiger partial charge in [0, 0.05) is 43.6 Å². The van der Waals surface area contributed by atoms with Crippen molar-refractivity contribution in [1.29, 1.82) is 0 Å². The lowest BCUT2D eigenvalue weighted by Crippen LogP contribution is -2.73. The largest absolute Gasteiger partial charge is 0.508 e. The number of carbonyl (C=O) groups excluding carboxylic acids is 3. The molecule has 0 bridgehead atoms. The number of amides is 2. The summed E-state index contributed by atoms with van der Waals surface area (Å²) >= 11 is 0. The predicted octanol–water partition coefficient (Wildman–Crippen LogP) is 0.912. The van der Waals surface area contributed by atoms with Gasteiger partial charge in [-0.15, -0.1) is 0 Å². The third-order valence-corrected chi connectivity index (χ3v) is 13.4. The number of aromatic nitrogens is 2. The minimum absolute atomic E-state index is 0.0950. The van der Waals surface area contributed by atoms with Gasteiger partial charge in [0.05, 0.1) is 39.0 Å². The van der Waals surface area contributed by atoms with Crippen molar-refractivity contribution in [2.24, 2.45) is 11.8 Å². The zero-order chi connectivity index (χ0) is 37.5. The third kappa shape index (κ3) is 9.48. The zero-order valence-corrected chi connectivity index (χ0v) is 30.2. The van der Waals surface area contributed by atoms with Gasteiger partial charge in [0.1, 0.15) is 12.3 Å². The van der Waals surface area contributed by atoms with Crippen LogP contribution < -0.4 is 10.6 Å². The number of alkyl carbamates (subject to hydrolysis) is 1. The number of quaternary nitrogens is 1. The molecule has 7 N–H and O–H groups in total. The quantitative estimate of drug-likeness (QED) is 0.0633. The number of nitrogens with zero attached hydrogens (tertiary/aromatic N) is 3. The van der Waals surface area contributed by atoms with Crippen LogP contribution in [0.5, 0.6) is 0 Å². The second kappa shape index (κ2) is 16.7. The molecule has 2 aromatic rings. The number of ether oxygens (including phenoxy) is 1. The van der Waals surface area contributed by atoms with Crippen LogP contribution >= 0.6 is 15.2 Å². The number of rotatable bonds is 18. The Bertz CT molecular complexity index is 1580. The lowest BCUT2D eigenvalue weighted by molar-refractivity contribution is -0.823. The maximum absolute atomic E-state index is 14.2. The highest BCUT2D eigenvalue weighted by Crippen LogP contribution is 2.68. The van der Waals surface area contributed by atoms with Gasteiger partial charge in [0.15, 0.2) is 5.78 Å². The summed E-state index contributed by atoms with van der Waals surface area (Å²) in [6, 6.07) is 9.34. The van der Waals surface area contributed by atoms with E-state index in [9.17, 15) is 48.2 Å². The molecule has 0 saturated carbocycles. The number of hydrogen-bond donors (Lipinski definition) is 7. The molecule has 2 fully saturated rings. The maximum atomic E-state index is 14.2. The second-order valence-electron chi connectivity index (χ2n) is 13.4. The van der Waals surface area contributed by atoms with E-state index >= 15 is 0 Å². The van der Waals surface area contributed by atoms with Gasteiger partial charge in [0.25, 0.3) is 5.08 Å². The topological polar surface area (TPSA) is 264 Å². The van der Waals surface area contributed by atoms with Gasteiger partial charge < -0.3 is 53.8 Å². The predicted molar refractivity (Wildman–Crippen MR) is 182 cm³/mol. The van der Waals surface area contributed by atoms with Crippen molar-refractivity contribution in [2.75, 3.05) is 46.0 Å². The van der Waals surface area contributed by atoms with E-state index in [0.717, 1.165) is 5.56 Å². The molecule has 2 atom stereocenters. The fraction of sp³-hybridized carbons (Fsp3) is 0.567. The standard InChI is InChI=1S/C30H46BN5O13P2/c1-22(2)18-27(35-28(38)24(19-23-6-4-3-5-7-23)20-26(37)25-21-32-10-11-33-25)31-36(13-16-48-31,14-17-49-31)12-15-47-29(39)34-9-8-30(40,50(41,42)43)51(44,45)46/h3-7,10-11,21-22,24,27,40H,8-9,12-20H2,1-2H3,(H,34,39)(H,35,38)(H2,41,42,43)(H2,44,45,46)/t24-,27+,31?,36?/m0/s1. The van der Waals surface area contributed by atoms with Gasteiger partial charge in [-0.25, -0.2) is 9.78 Å². The summed E-state index contributed by atoms with van der Waals surface area (Å²) in [6.45, 7) is 2.68. The van der Waals surface area contributed by atoms with Gasteiger partial charge in [-0.1, -0.05) is 50.6 Å². The van der Waals surface area contributed by atoms with Crippen molar-refractivity contribution in [2.45, 2.75) is 50.6 Å². The second-order valence-corrected chi connectivity index (χ2v) is 17.4. The molecule has 4 rings (SSSR count). The molecule has 0 unspecified atom stereocenters. The van der Waals surface area contributed by atoms with E-state index in [1.807, 2.05) is 44.2 Å². The number of fused-ring (bicyclic) bond motifs is 1. The number of benzene rings is 1. The first-order valence-electron chi connectivity index (χ1n) is 16.6. The summed E-state index contributed by atoms with van der Waals surface area (Å²) in [5.74, 6) is -1.96. The fourth-order valence-electron chi connectivity index (χ4n) is 6.90. The maximum Gasteiger partial charge on any atom is 0.494 e. The number of carbonyl (C=O) groups is 3. The molecule has 18 nitrogen and oxygen atoms in total. The smallest absolute Gasteiger partial charge is 0.494 e. The molecule has 282 valence electrons. The SMILES string of the molecule is CC(C)C[C@@H](NC(=O)[C@H](CC(=O)c1cnccn1)Cc1ccccc1)[B-]12OCC[N+]1(CCOC(=O)NCCC(O)(P(=O)(O)O)P(=O)(O)O)CCO2. The Kier molecular flexibility index (Phi) is 13.3. The Balaban J connectivity index is 1.47. The van der Waals surface area contributed by atoms with E-state index in [0.29, 0.717) is 32.7 Å². The molecular formula is C30H46BN5O13P2. The Morgan fingerprint density at radius 2 is 1.69 bits per heavy atom. The molecule has 2 aliphatic rings. The molecule has 51 heavy (non-hydrogen) atoms. The van der Waals surface area contributed by atoms with Crippen molar-refractivity contribution in [3.05, 3.63) is 60.2 Å². The van der Waals surface area contributed by atoms with Gasteiger partial charge in [0.2, 0.25) is 5.91 Å². The average Bonchev–Trinajstić information content (AvgIpc) is 3.60. The van der Waals surface area contributed by atoms with Crippen LogP contribution in [-0.2, 0) is 34.4 Å². The van der Waals surface area contributed by atoms with Crippen molar-refractivity contribution >= 4 is 39.7 Å². The van der Waals surface area contributed by atoms with Crippen LogP contribution in [0.15, 0.2) is 48.9 Å². The average molecular weight is 757 g/mol.